The molecule has 0 aliphatic heterocycles. The predicted molar refractivity (Wildman–Crippen MR) is 84.7 cm³/mol. The molecule has 0 amide bonds. The van der Waals surface area contributed by atoms with Gasteiger partial charge in [-0.3, -0.25) is 19.1 Å². The zero-order chi connectivity index (χ0) is 16.8. The van der Waals surface area contributed by atoms with Crippen LogP contribution in [-0.2, 0) is 11.3 Å². The topological polar surface area (TPSA) is 133 Å². The number of hydrogen-bond donors (Lipinski definition) is 2. The summed E-state index contributed by atoms with van der Waals surface area (Å²) in [6.45, 7) is 0.351. The van der Waals surface area contributed by atoms with Gasteiger partial charge in [0.25, 0.3) is 5.56 Å². The minimum atomic E-state index is -0.805. The summed E-state index contributed by atoms with van der Waals surface area (Å²) in [4.78, 5) is 46.0. The Balaban J connectivity index is 2.25. The first kappa shape index (κ1) is 16.9. The van der Waals surface area contributed by atoms with Crippen molar-refractivity contribution in [2.75, 3.05) is 25.2 Å². The molecular weight excluding hydrogens is 322 g/mol. The maximum Gasteiger partial charge on any atom is 0.330 e. The minimum Gasteiger partial charge on any atom is -0.384 e. The number of ketones is 1. The fourth-order valence-corrected chi connectivity index (χ4v) is 2.50. The molecule has 0 saturated heterocycles. The highest BCUT2D eigenvalue weighted by Gasteiger charge is 2.19. The summed E-state index contributed by atoms with van der Waals surface area (Å²) < 4.78 is 5.98. The van der Waals surface area contributed by atoms with Crippen molar-refractivity contribution < 1.29 is 9.53 Å². The average Bonchev–Trinajstić information content (AvgIpc) is 2.53. The molecule has 0 aliphatic rings. The summed E-state index contributed by atoms with van der Waals surface area (Å²) in [6, 6.07) is 1.65. The summed E-state index contributed by atoms with van der Waals surface area (Å²) >= 11 is 1.08. The van der Waals surface area contributed by atoms with Crippen molar-refractivity contribution in [1.29, 1.82) is 0 Å². The number of thioether (sulfide) groups is 1. The van der Waals surface area contributed by atoms with Crippen molar-refractivity contribution in [3.63, 3.8) is 0 Å². The molecule has 9 nitrogen and oxygen atoms in total. The van der Waals surface area contributed by atoms with E-state index in [4.69, 9.17) is 10.5 Å². The lowest BCUT2D eigenvalue weighted by molar-refractivity contribution is 0.102. The number of Topliss-reactive ketones (excluding diaryl/α,β-unsaturated/α-hetero) is 1. The van der Waals surface area contributed by atoms with Gasteiger partial charge in [-0.15, -0.1) is 0 Å². The predicted octanol–water partition coefficient (Wildman–Crippen LogP) is -0.470. The zero-order valence-electron chi connectivity index (χ0n) is 12.3. The summed E-state index contributed by atoms with van der Waals surface area (Å²) in [6.07, 6.45) is 3.10. The van der Waals surface area contributed by atoms with Gasteiger partial charge in [-0.05, 0) is 6.07 Å². The van der Waals surface area contributed by atoms with E-state index in [-0.39, 0.29) is 30.3 Å². The van der Waals surface area contributed by atoms with Crippen LogP contribution in [0.15, 0.2) is 33.2 Å². The molecule has 0 aromatic carbocycles. The number of carbonyl (C=O) groups is 1. The molecule has 2 aromatic rings. The first-order valence-corrected chi connectivity index (χ1v) is 7.57. The van der Waals surface area contributed by atoms with Crippen LogP contribution in [0.3, 0.4) is 0 Å². The van der Waals surface area contributed by atoms with Crippen LogP contribution in [0.4, 0.5) is 5.82 Å². The number of nitrogens with zero attached hydrogens (tertiary/aromatic N) is 3. The van der Waals surface area contributed by atoms with Crippen molar-refractivity contribution in [1.82, 2.24) is 19.5 Å². The molecule has 0 fully saturated rings. The highest BCUT2D eigenvalue weighted by atomic mass is 32.2. The number of nitrogen functional groups attached to an aromatic ring is 1. The molecule has 23 heavy (non-hydrogen) atoms. The van der Waals surface area contributed by atoms with Crippen LogP contribution in [0.5, 0.6) is 0 Å². The van der Waals surface area contributed by atoms with Crippen LogP contribution >= 0.6 is 11.8 Å². The number of carbonyl (C=O) groups excluding carboxylic acids is 1. The fourth-order valence-electron chi connectivity index (χ4n) is 1.82. The van der Waals surface area contributed by atoms with Crippen LogP contribution in [0.1, 0.15) is 10.4 Å². The number of ether oxygens (including phenoxy) is 1. The third kappa shape index (κ3) is 4.05. The summed E-state index contributed by atoms with van der Waals surface area (Å²) in [7, 11) is 1.47. The number of methoxy groups -OCH3 is 1. The van der Waals surface area contributed by atoms with Gasteiger partial charge < -0.3 is 10.5 Å². The van der Waals surface area contributed by atoms with Gasteiger partial charge in [0, 0.05) is 19.5 Å². The van der Waals surface area contributed by atoms with Crippen LogP contribution < -0.4 is 17.0 Å². The van der Waals surface area contributed by atoms with Crippen molar-refractivity contribution in [3.8, 4) is 0 Å². The summed E-state index contributed by atoms with van der Waals surface area (Å²) in [5, 5.41) is 0.406. The van der Waals surface area contributed by atoms with E-state index in [1.807, 2.05) is 0 Å². The van der Waals surface area contributed by atoms with Crippen molar-refractivity contribution >= 4 is 23.4 Å². The van der Waals surface area contributed by atoms with E-state index < -0.39 is 17.0 Å². The van der Waals surface area contributed by atoms with Gasteiger partial charge in [-0.1, -0.05) is 11.8 Å². The third-order valence-electron chi connectivity index (χ3n) is 2.91. The maximum absolute atomic E-state index is 12.3. The van der Waals surface area contributed by atoms with Crippen LogP contribution in [0, 0.1) is 0 Å². The van der Waals surface area contributed by atoms with Crippen molar-refractivity contribution in [2.24, 2.45) is 0 Å². The van der Waals surface area contributed by atoms with Crippen molar-refractivity contribution in [3.05, 3.63) is 44.9 Å². The number of hydrogen-bond acceptors (Lipinski definition) is 8. The quantitative estimate of drug-likeness (QED) is 0.393. The van der Waals surface area contributed by atoms with E-state index in [1.165, 1.54) is 7.11 Å². The van der Waals surface area contributed by atoms with Crippen LogP contribution in [0.2, 0.25) is 0 Å². The van der Waals surface area contributed by atoms with E-state index in [0.29, 0.717) is 5.16 Å². The SMILES string of the molecule is COCCn1c(N)c(C(=O)CSc2ncccn2)c(=O)[nH]c1=O. The Morgan fingerprint density at radius 1 is 1.39 bits per heavy atom. The number of rotatable bonds is 7. The molecule has 122 valence electrons. The number of aromatic nitrogens is 4. The molecule has 0 atom stereocenters. The first-order chi connectivity index (χ1) is 11.0. The number of anilines is 1. The van der Waals surface area contributed by atoms with E-state index in [9.17, 15) is 14.4 Å². The Bertz CT molecular complexity index is 802. The second-order valence-corrected chi connectivity index (χ2v) is 5.35. The van der Waals surface area contributed by atoms with Crippen molar-refractivity contribution in [2.45, 2.75) is 11.7 Å². The van der Waals surface area contributed by atoms with Gasteiger partial charge in [0.05, 0.1) is 18.9 Å². The van der Waals surface area contributed by atoms with Gasteiger partial charge in [0.15, 0.2) is 10.9 Å². The molecule has 10 heteroatoms. The molecule has 0 radical (unpaired) electrons. The summed E-state index contributed by atoms with van der Waals surface area (Å²) in [5.74, 6) is -0.748. The molecule has 2 aromatic heterocycles. The average molecular weight is 337 g/mol. The highest BCUT2D eigenvalue weighted by molar-refractivity contribution is 7.99. The van der Waals surface area contributed by atoms with Gasteiger partial charge in [0.2, 0.25) is 0 Å². The zero-order valence-corrected chi connectivity index (χ0v) is 13.1. The molecule has 2 rings (SSSR count). The van der Waals surface area contributed by atoms with Gasteiger partial charge in [-0.2, -0.15) is 0 Å². The Hall–Kier alpha value is -2.46. The first-order valence-electron chi connectivity index (χ1n) is 6.59. The van der Waals surface area contributed by atoms with Gasteiger partial charge >= 0.3 is 5.69 Å². The largest absolute Gasteiger partial charge is 0.384 e. The van der Waals surface area contributed by atoms with E-state index in [1.54, 1.807) is 18.5 Å². The lowest BCUT2D eigenvalue weighted by Gasteiger charge is -2.11. The molecule has 0 unspecified atom stereocenters. The van der Waals surface area contributed by atoms with Gasteiger partial charge in [0.1, 0.15) is 11.4 Å². The smallest absolute Gasteiger partial charge is 0.330 e. The monoisotopic (exact) mass is 337 g/mol. The standard InChI is InChI=1S/C13H15N5O4S/c1-22-6-5-18-10(14)9(11(20)17-13(18)21)8(19)7-23-12-15-3-2-4-16-12/h2-4H,5-7,14H2,1H3,(H,17,20,21). The van der Waals surface area contributed by atoms with E-state index in [2.05, 4.69) is 15.0 Å². The lowest BCUT2D eigenvalue weighted by atomic mass is 10.2. The Morgan fingerprint density at radius 3 is 2.74 bits per heavy atom. The second kappa shape index (κ2) is 7.70. The molecule has 2 heterocycles. The number of nitrogens with two attached hydrogens (primary N) is 1. The van der Waals surface area contributed by atoms with Crippen LogP contribution in [-0.4, -0.2) is 44.8 Å². The summed E-state index contributed by atoms with van der Waals surface area (Å²) in [5.41, 5.74) is 4.09. The number of aromatic amines is 1. The molecular formula is C13H15N5O4S. The number of nitrogens with one attached hydrogen (secondary N) is 1. The molecule has 3 N–H and O–H groups in total. The third-order valence-corrected chi connectivity index (χ3v) is 3.79. The molecule has 0 spiro atoms. The Labute approximate surface area is 134 Å². The second-order valence-electron chi connectivity index (χ2n) is 4.41. The minimum absolute atomic E-state index is 0.0697. The van der Waals surface area contributed by atoms with Gasteiger partial charge in [-0.25, -0.2) is 14.8 Å². The maximum atomic E-state index is 12.3. The Kier molecular flexibility index (Phi) is 5.66. The fraction of sp³-hybridized carbons (Fsp3) is 0.308. The number of H-pyrrole nitrogens is 1. The lowest BCUT2D eigenvalue weighted by Crippen LogP contribution is -2.37. The Morgan fingerprint density at radius 2 is 2.09 bits per heavy atom. The molecule has 0 bridgehead atoms. The van der Waals surface area contributed by atoms with E-state index in [0.717, 1.165) is 16.3 Å². The van der Waals surface area contributed by atoms with Crippen LogP contribution in [0.25, 0.3) is 0 Å². The molecule has 0 aliphatic carbocycles. The van der Waals surface area contributed by atoms with E-state index >= 15 is 0 Å². The highest BCUT2D eigenvalue weighted by Crippen LogP contribution is 2.14. The normalized spacial score (nSPS) is 10.7. The molecule has 0 saturated carbocycles.